The molecule has 1 unspecified atom stereocenters. The molecule has 12 heavy (non-hydrogen) atoms. The smallest absolute Gasteiger partial charge is 0.0521 e. The molecular weight excluding hydrogens is 170 g/mol. The highest BCUT2D eigenvalue weighted by molar-refractivity contribution is 7.99. The molecule has 0 aromatic rings. The number of aliphatic hydroxyl groups is 1. The zero-order valence-corrected chi connectivity index (χ0v) is 8.41. The lowest BCUT2D eigenvalue weighted by molar-refractivity contribution is 0.322. The Bertz CT molecular complexity index is 105. The highest BCUT2D eigenvalue weighted by Gasteiger charge is 2.11. The van der Waals surface area contributed by atoms with Gasteiger partial charge in [0.25, 0.3) is 0 Å². The van der Waals surface area contributed by atoms with Crippen LogP contribution < -0.4 is 5.32 Å². The third-order valence-corrected chi connectivity index (χ3v) is 3.30. The van der Waals surface area contributed by atoms with Crippen LogP contribution in [-0.4, -0.2) is 36.3 Å². The molecule has 1 heterocycles. The Kier molecular flexibility index (Phi) is 5.82. The molecule has 0 amide bonds. The Labute approximate surface area is 79.1 Å². The topological polar surface area (TPSA) is 32.3 Å². The summed E-state index contributed by atoms with van der Waals surface area (Å²) >= 11 is 1.87. The normalized spacial score (nSPS) is 24.2. The standard InChI is InChI=1S/C9H19NOS/c11-5-7-12-6-3-9-2-1-4-10-8-9/h9-11H,1-8H2. The monoisotopic (exact) mass is 189 g/mol. The van der Waals surface area contributed by atoms with E-state index >= 15 is 0 Å². The van der Waals surface area contributed by atoms with Gasteiger partial charge in [0.1, 0.15) is 0 Å². The van der Waals surface area contributed by atoms with E-state index in [9.17, 15) is 0 Å². The predicted octanol–water partition coefficient (Wildman–Crippen LogP) is 1.10. The fraction of sp³-hybridized carbons (Fsp3) is 1.00. The second kappa shape index (κ2) is 6.75. The summed E-state index contributed by atoms with van der Waals surface area (Å²) in [4.78, 5) is 0. The maximum Gasteiger partial charge on any atom is 0.0521 e. The van der Waals surface area contributed by atoms with Gasteiger partial charge in [0.15, 0.2) is 0 Å². The third-order valence-electron chi connectivity index (χ3n) is 2.31. The van der Waals surface area contributed by atoms with Crippen molar-refractivity contribution < 1.29 is 5.11 Å². The lowest BCUT2D eigenvalue weighted by Gasteiger charge is -2.22. The first-order valence-corrected chi connectivity index (χ1v) is 5.98. The highest BCUT2D eigenvalue weighted by atomic mass is 32.2. The van der Waals surface area contributed by atoms with Gasteiger partial charge < -0.3 is 10.4 Å². The van der Waals surface area contributed by atoms with Crippen LogP contribution in [0.5, 0.6) is 0 Å². The molecular formula is C9H19NOS. The average molecular weight is 189 g/mol. The third kappa shape index (κ3) is 4.33. The number of thioether (sulfide) groups is 1. The lowest BCUT2D eigenvalue weighted by Crippen LogP contribution is -2.29. The molecule has 0 aromatic carbocycles. The number of hydrogen-bond donors (Lipinski definition) is 2. The second-order valence-corrected chi connectivity index (χ2v) is 4.56. The fourth-order valence-electron chi connectivity index (χ4n) is 1.59. The molecule has 0 aliphatic carbocycles. The number of rotatable bonds is 5. The Hall–Kier alpha value is 0.270. The van der Waals surface area contributed by atoms with E-state index in [0.29, 0.717) is 6.61 Å². The van der Waals surface area contributed by atoms with Gasteiger partial charge in [-0.2, -0.15) is 11.8 Å². The first-order valence-electron chi connectivity index (χ1n) is 4.83. The Balaban J connectivity index is 1.91. The van der Waals surface area contributed by atoms with Gasteiger partial charge in [-0.1, -0.05) is 0 Å². The average Bonchev–Trinajstić information content (AvgIpc) is 2.14. The van der Waals surface area contributed by atoms with Gasteiger partial charge >= 0.3 is 0 Å². The molecule has 0 bridgehead atoms. The van der Waals surface area contributed by atoms with Crippen LogP contribution in [0.25, 0.3) is 0 Å². The van der Waals surface area contributed by atoms with Crippen molar-refractivity contribution >= 4 is 11.8 Å². The molecule has 0 spiro atoms. The quantitative estimate of drug-likeness (QED) is 0.635. The highest BCUT2D eigenvalue weighted by Crippen LogP contribution is 2.16. The lowest BCUT2D eigenvalue weighted by atomic mass is 9.97. The SMILES string of the molecule is OCCSCCC1CCCNC1. The molecule has 2 nitrogen and oxygen atoms in total. The molecule has 72 valence electrons. The fourth-order valence-corrected chi connectivity index (χ4v) is 2.42. The van der Waals surface area contributed by atoms with E-state index in [1.165, 1.54) is 38.1 Å². The van der Waals surface area contributed by atoms with Crippen molar-refractivity contribution in [1.82, 2.24) is 5.32 Å². The maximum absolute atomic E-state index is 8.57. The first kappa shape index (κ1) is 10.4. The Morgan fingerprint density at radius 1 is 1.42 bits per heavy atom. The van der Waals surface area contributed by atoms with Crippen LogP contribution in [0.1, 0.15) is 19.3 Å². The summed E-state index contributed by atoms with van der Waals surface area (Å²) in [6.45, 7) is 2.74. The van der Waals surface area contributed by atoms with Crippen LogP contribution in [0.3, 0.4) is 0 Å². The van der Waals surface area contributed by atoms with Gasteiger partial charge in [0.2, 0.25) is 0 Å². The summed E-state index contributed by atoms with van der Waals surface area (Å²) in [7, 11) is 0. The first-order chi connectivity index (χ1) is 5.93. The van der Waals surface area contributed by atoms with Crippen molar-refractivity contribution in [2.75, 3.05) is 31.2 Å². The van der Waals surface area contributed by atoms with Crippen LogP contribution in [0, 0.1) is 5.92 Å². The summed E-state index contributed by atoms with van der Waals surface area (Å²) < 4.78 is 0. The van der Waals surface area contributed by atoms with E-state index in [1.54, 1.807) is 0 Å². The number of aliphatic hydroxyl groups excluding tert-OH is 1. The zero-order valence-electron chi connectivity index (χ0n) is 7.59. The van der Waals surface area contributed by atoms with Gasteiger partial charge in [0.05, 0.1) is 6.61 Å². The summed E-state index contributed by atoms with van der Waals surface area (Å²) in [5.74, 6) is 3.01. The number of nitrogens with one attached hydrogen (secondary N) is 1. The van der Waals surface area contributed by atoms with Crippen LogP contribution in [-0.2, 0) is 0 Å². The van der Waals surface area contributed by atoms with Crippen molar-refractivity contribution in [3.05, 3.63) is 0 Å². The maximum atomic E-state index is 8.57. The molecule has 0 aromatic heterocycles. The van der Waals surface area contributed by atoms with E-state index in [-0.39, 0.29) is 0 Å². The number of hydrogen-bond acceptors (Lipinski definition) is 3. The molecule has 1 rings (SSSR count). The molecule has 0 radical (unpaired) electrons. The summed E-state index contributed by atoms with van der Waals surface area (Å²) in [6, 6.07) is 0. The van der Waals surface area contributed by atoms with Crippen LogP contribution in [0.4, 0.5) is 0 Å². The van der Waals surface area contributed by atoms with Crippen LogP contribution in [0.15, 0.2) is 0 Å². The molecule has 1 atom stereocenters. The van der Waals surface area contributed by atoms with Crippen LogP contribution >= 0.6 is 11.8 Å². The zero-order chi connectivity index (χ0) is 8.65. The predicted molar refractivity (Wildman–Crippen MR) is 54.6 cm³/mol. The van der Waals surface area contributed by atoms with Crippen molar-refractivity contribution in [2.24, 2.45) is 5.92 Å². The van der Waals surface area contributed by atoms with Gasteiger partial charge in [-0.25, -0.2) is 0 Å². The van der Waals surface area contributed by atoms with E-state index in [2.05, 4.69) is 5.32 Å². The van der Waals surface area contributed by atoms with Crippen molar-refractivity contribution in [3.63, 3.8) is 0 Å². The molecule has 3 heteroatoms. The van der Waals surface area contributed by atoms with Gasteiger partial charge in [-0.05, 0) is 44.0 Å². The molecule has 1 fully saturated rings. The van der Waals surface area contributed by atoms with E-state index < -0.39 is 0 Å². The largest absolute Gasteiger partial charge is 0.396 e. The summed E-state index contributed by atoms with van der Waals surface area (Å²) in [5, 5.41) is 12.0. The Morgan fingerprint density at radius 2 is 2.33 bits per heavy atom. The Morgan fingerprint density at radius 3 is 3.00 bits per heavy atom. The van der Waals surface area contributed by atoms with Gasteiger partial charge in [-0.3, -0.25) is 0 Å². The summed E-state index contributed by atoms with van der Waals surface area (Å²) in [6.07, 6.45) is 4.06. The second-order valence-electron chi connectivity index (χ2n) is 3.34. The van der Waals surface area contributed by atoms with Crippen LogP contribution in [0.2, 0.25) is 0 Å². The van der Waals surface area contributed by atoms with E-state index in [1.807, 2.05) is 11.8 Å². The molecule has 1 aliphatic heterocycles. The van der Waals surface area contributed by atoms with E-state index in [4.69, 9.17) is 5.11 Å². The summed E-state index contributed by atoms with van der Waals surface area (Å²) in [5.41, 5.74) is 0. The van der Waals surface area contributed by atoms with E-state index in [0.717, 1.165) is 11.7 Å². The minimum Gasteiger partial charge on any atom is -0.396 e. The van der Waals surface area contributed by atoms with Gasteiger partial charge in [-0.15, -0.1) is 0 Å². The number of piperidine rings is 1. The van der Waals surface area contributed by atoms with Crippen molar-refractivity contribution in [1.29, 1.82) is 0 Å². The van der Waals surface area contributed by atoms with Crippen molar-refractivity contribution in [2.45, 2.75) is 19.3 Å². The molecule has 1 saturated heterocycles. The van der Waals surface area contributed by atoms with Crippen molar-refractivity contribution in [3.8, 4) is 0 Å². The van der Waals surface area contributed by atoms with Gasteiger partial charge in [0, 0.05) is 5.75 Å². The minimum absolute atomic E-state index is 0.327. The molecule has 0 saturated carbocycles. The molecule has 1 aliphatic rings. The minimum atomic E-state index is 0.327. The molecule has 2 N–H and O–H groups in total.